The van der Waals surface area contributed by atoms with Gasteiger partial charge in [0.15, 0.2) is 0 Å². The molecule has 2 aromatic heterocycles. The highest BCUT2D eigenvalue weighted by Crippen LogP contribution is 2.35. The Labute approximate surface area is 205 Å². The van der Waals surface area contributed by atoms with Crippen LogP contribution in [0.4, 0.5) is 11.5 Å². The molecule has 1 amide bonds. The van der Waals surface area contributed by atoms with Gasteiger partial charge in [0.2, 0.25) is 0 Å². The summed E-state index contributed by atoms with van der Waals surface area (Å²) in [6.45, 7) is 5.61. The molecule has 0 radical (unpaired) electrons. The van der Waals surface area contributed by atoms with Gasteiger partial charge in [-0.25, -0.2) is 9.97 Å². The fourth-order valence-corrected chi connectivity index (χ4v) is 6.20. The molecule has 34 heavy (non-hydrogen) atoms. The number of thiophene rings is 1. The number of methoxy groups -OCH3 is 1. The van der Waals surface area contributed by atoms with Crippen LogP contribution in [-0.4, -0.2) is 55.2 Å². The number of aromatic nitrogens is 2. The highest BCUT2D eigenvalue weighted by atomic mass is 32.1. The number of carbonyl (C=O) groups excluding carboxylic acids is 1. The molecule has 0 atom stereocenters. The lowest BCUT2D eigenvalue weighted by Crippen LogP contribution is -2.46. The Balaban J connectivity index is 1.32. The van der Waals surface area contributed by atoms with Gasteiger partial charge < -0.3 is 19.9 Å². The van der Waals surface area contributed by atoms with Crippen molar-refractivity contribution in [2.24, 2.45) is 0 Å². The van der Waals surface area contributed by atoms with Crippen molar-refractivity contribution in [1.82, 2.24) is 15.3 Å². The predicted octanol–water partition coefficient (Wildman–Crippen LogP) is 4.79. The molecular formula is C26H33N5O2S. The van der Waals surface area contributed by atoms with Gasteiger partial charge >= 0.3 is 0 Å². The van der Waals surface area contributed by atoms with E-state index in [1.54, 1.807) is 13.4 Å². The molecule has 2 fully saturated rings. The lowest BCUT2D eigenvalue weighted by Gasteiger charge is -2.37. The van der Waals surface area contributed by atoms with Crippen LogP contribution in [0.3, 0.4) is 0 Å². The minimum Gasteiger partial charge on any atom is -0.497 e. The van der Waals surface area contributed by atoms with Crippen molar-refractivity contribution in [3.63, 3.8) is 0 Å². The Morgan fingerprint density at radius 1 is 1.00 bits per heavy atom. The normalized spacial score (nSPS) is 17.6. The van der Waals surface area contributed by atoms with Crippen LogP contribution in [0.25, 0.3) is 10.2 Å². The Morgan fingerprint density at radius 3 is 2.35 bits per heavy atom. The molecule has 1 saturated heterocycles. The summed E-state index contributed by atoms with van der Waals surface area (Å²) in [5.74, 6) is 1.86. The number of carbonyl (C=O) groups is 1. The van der Waals surface area contributed by atoms with Crippen LogP contribution >= 0.6 is 11.3 Å². The van der Waals surface area contributed by atoms with Crippen LogP contribution in [0.15, 0.2) is 30.6 Å². The maximum Gasteiger partial charge on any atom is 0.261 e. The van der Waals surface area contributed by atoms with Gasteiger partial charge in [-0.1, -0.05) is 25.7 Å². The molecule has 180 valence electrons. The highest BCUT2D eigenvalue weighted by Gasteiger charge is 2.26. The minimum absolute atomic E-state index is 0.0441. The first-order valence-corrected chi connectivity index (χ1v) is 13.1. The molecule has 2 aliphatic rings. The first-order valence-electron chi connectivity index (χ1n) is 12.3. The standard InChI is InChI=1S/C26H33N5O2S/c1-18-22-24(31-15-13-30(14-16-31)20-9-11-21(33-2)12-10-20)27-17-28-26(22)34-23(18)25(32)29-19-7-5-3-4-6-8-19/h9-12,17,19H,3-8,13-16H2,1-2H3,(H,29,32). The maximum absolute atomic E-state index is 13.2. The molecule has 8 heteroatoms. The third-order valence-corrected chi connectivity index (χ3v) is 8.32. The largest absolute Gasteiger partial charge is 0.497 e. The molecule has 5 rings (SSSR count). The van der Waals surface area contributed by atoms with Gasteiger partial charge in [0.1, 0.15) is 22.7 Å². The van der Waals surface area contributed by atoms with Crippen molar-refractivity contribution in [2.45, 2.75) is 51.5 Å². The second-order valence-electron chi connectivity index (χ2n) is 9.27. The average molecular weight is 480 g/mol. The summed E-state index contributed by atoms with van der Waals surface area (Å²) in [4.78, 5) is 28.7. The van der Waals surface area contributed by atoms with Crippen LogP contribution in [0.1, 0.15) is 53.8 Å². The summed E-state index contributed by atoms with van der Waals surface area (Å²) in [6, 6.07) is 8.52. The number of hydrogen-bond acceptors (Lipinski definition) is 7. The Hall–Kier alpha value is -2.87. The number of nitrogens with zero attached hydrogens (tertiary/aromatic N) is 4. The quantitative estimate of drug-likeness (QED) is 0.531. The third kappa shape index (κ3) is 4.69. The number of nitrogens with one attached hydrogen (secondary N) is 1. The number of rotatable bonds is 5. The predicted molar refractivity (Wildman–Crippen MR) is 139 cm³/mol. The lowest BCUT2D eigenvalue weighted by atomic mass is 10.1. The maximum atomic E-state index is 13.2. The van der Waals surface area contributed by atoms with Crippen molar-refractivity contribution in [3.05, 3.63) is 41.0 Å². The SMILES string of the molecule is COc1ccc(N2CCN(c3ncnc4sc(C(=O)NC5CCCCCC5)c(C)c34)CC2)cc1. The fraction of sp³-hybridized carbons (Fsp3) is 0.500. The second kappa shape index (κ2) is 10.2. The van der Waals surface area contributed by atoms with E-state index in [1.165, 1.54) is 42.7 Å². The number of fused-ring (bicyclic) bond motifs is 1. The molecule has 1 aromatic carbocycles. The van der Waals surface area contributed by atoms with E-state index in [4.69, 9.17) is 4.74 Å². The molecule has 1 N–H and O–H groups in total. The van der Waals surface area contributed by atoms with E-state index in [0.29, 0.717) is 0 Å². The van der Waals surface area contributed by atoms with E-state index >= 15 is 0 Å². The van der Waals surface area contributed by atoms with E-state index in [9.17, 15) is 4.79 Å². The number of amides is 1. The summed E-state index contributed by atoms with van der Waals surface area (Å²) in [5.41, 5.74) is 2.21. The summed E-state index contributed by atoms with van der Waals surface area (Å²) in [6.07, 6.45) is 8.76. The minimum atomic E-state index is 0.0441. The van der Waals surface area contributed by atoms with Crippen molar-refractivity contribution in [3.8, 4) is 5.75 Å². The number of ether oxygens (including phenoxy) is 1. The molecule has 0 bridgehead atoms. The fourth-order valence-electron chi connectivity index (χ4n) is 5.15. The summed E-state index contributed by atoms with van der Waals surface area (Å²) >= 11 is 1.49. The topological polar surface area (TPSA) is 70.6 Å². The molecule has 7 nitrogen and oxygen atoms in total. The van der Waals surface area contributed by atoms with E-state index in [1.807, 2.05) is 19.1 Å². The van der Waals surface area contributed by atoms with Crippen LogP contribution < -0.4 is 19.9 Å². The van der Waals surface area contributed by atoms with Crippen molar-refractivity contribution >= 4 is 39.0 Å². The van der Waals surface area contributed by atoms with Gasteiger partial charge in [0.25, 0.3) is 5.91 Å². The summed E-state index contributed by atoms with van der Waals surface area (Å²) < 4.78 is 5.28. The van der Waals surface area contributed by atoms with E-state index in [-0.39, 0.29) is 11.9 Å². The molecule has 1 saturated carbocycles. The van der Waals surface area contributed by atoms with Gasteiger partial charge in [0.05, 0.1) is 17.4 Å². The zero-order valence-electron chi connectivity index (χ0n) is 20.0. The van der Waals surface area contributed by atoms with Crippen molar-refractivity contribution in [1.29, 1.82) is 0 Å². The monoisotopic (exact) mass is 479 g/mol. The van der Waals surface area contributed by atoms with Crippen LogP contribution in [-0.2, 0) is 0 Å². The zero-order chi connectivity index (χ0) is 23.5. The second-order valence-corrected chi connectivity index (χ2v) is 10.3. The molecule has 0 spiro atoms. The molecule has 1 aliphatic carbocycles. The summed E-state index contributed by atoms with van der Waals surface area (Å²) in [5, 5.41) is 4.33. The van der Waals surface area contributed by atoms with E-state index < -0.39 is 0 Å². The Morgan fingerprint density at radius 2 is 1.68 bits per heavy atom. The Bertz CT molecular complexity index is 1130. The molecular weight excluding hydrogens is 446 g/mol. The number of piperazine rings is 1. The number of benzene rings is 1. The van der Waals surface area contributed by atoms with Gasteiger partial charge in [-0.15, -0.1) is 11.3 Å². The summed E-state index contributed by atoms with van der Waals surface area (Å²) in [7, 11) is 1.69. The molecule has 3 heterocycles. The van der Waals surface area contributed by atoms with Gasteiger partial charge in [-0.05, 0) is 49.6 Å². The molecule has 3 aromatic rings. The first kappa shape index (κ1) is 22.9. The van der Waals surface area contributed by atoms with Crippen molar-refractivity contribution in [2.75, 3.05) is 43.1 Å². The zero-order valence-corrected chi connectivity index (χ0v) is 20.9. The van der Waals surface area contributed by atoms with Gasteiger partial charge in [-0.3, -0.25) is 4.79 Å². The van der Waals surface area contributed by atoms with E-state index in [2.05, 4.69) is 37.2 Å². The van der Waals surface area contributed by atoms with Gasteiger partial charge in [0, 0.05) is 37.9 Å². The lowest BCUT2D eigenvalue weighted by molar-refractivity contribution is 0.0937. The molecule has 1 aliphatic heterocycles. The smallest absolute Gasteiger partial charge is 0.261 e. The molecule has 0 unspecified atom stereocenters. The van der Waals surface area contributed by atoms with E-state index in [0.717, 1.165) is 71.2 Å². The highest BCUT2D eigenvalue weighted by molar-refractivity contribution is 7.20. The van der Waals surface area contributed by atoms with Crippen LogP contribution in [0.2, 0.25) is 0 Å². The third-order valence-electron chi connectivity index (χ3n) is 7.12. The number of hydrogen-bond donors (Lipinski definition) is 1. The average Bonchev–Trinajstić information content (AvgIpc) is 3.03. The first-order chi connectivity index (χ1) is 16.6. The number of aryl methyl sites for hydroxylation is 1. The Kier molecular flexibility index (Phi) is 6.85. The number of anilines is 2. The van der Waals surface area contributed by atoms with Crippen molar-refractivity contribution < 1.29 is 9.53 Å². The van der Waals surface area contributed by atoms with Crippen LogP contribution in [0.5, 0.6) is 5.75 Å². The van der Waals surface area contributed by atoms with Crippen LogP contribution in [0, 0.1) is 6.92 Å². The van der Waals surface area contributed by atoms with Gasteiger partial charge in [-0.2, -0.15) is 0 Å².